The fourth-order valence-corrected chi connectivity index (χ4v) is 1.80. The van der Waals surface area contributed by atoms with Gasteiger partial charge in [0, 0.05) is 18.8 Å². The van der Waals surface area contributed by atoms with Crippen molar-refractivity contribution < 1.29 is 4.39 Å². The molecule has 0 atom stereocenters. The molecular formula is C10H8BrFN2. The van der Waals surface area contributed by atoms with Crippen molar-refractivity contribution in [2.75, 3.05) is 0 Å². The number of benzene rings is 1. The summed E-state index contributed by atoms with van der Waals surface area (Å²) in [5, 5.41) is 0. The number of aromatic nitrogens is 2. The highest BCUT2D eigenvalue weighted by molar-refractivity contribution is 9.10. The first-order chi connectivity index (χ1) is 6.66. The summed E-state index contributed by atoms with van der Waals surface area (Å²) in [5.74, 6) is 0.498. The van der Waals surface area contributed by atoms with Crippen LogP contribution in [0.4, 0.5) is 4.39 Å². The summed E-state index contributed by atoms with van der Waals surface area (Å²) in [7, 11) is 1.87. The molecule has 2 aromatic rings. The van der Waals surface area contributed by atoms with Crippen molar-refractivity contribution in [2.45, 2.75) is 0 Å². The van der Waals surface area contributed by atoms with E-state index in [4.69, 9.17) is 0 Å². The molecule has 4 heteroatoms. The molecule has 0 aliphatic rings. The van der Waals surface area contributed by atoms with Gasteiger partial charge in [-0.05, 0) is 28.1 Å². The van der Waals surface area contributed by atoms with Crippen LogP contribution >= 0.6 is 15.9 Å². The van der Waals surface area contributed by atoms with Gasteiger partial charge >= 0.3 is 0 Å². The third-order valence-corrected chi connectivity index (χ3v) is 2.31. The number of halogens is 2. The first-order valence-electron chi connectivity index (χ1n) is 4.11. The smallest absolute Gasteiger partial charge is 0.141 e. The van der Waals surface area contributed by atoms with Crippen molar-refractivity contribution in [3.05, 3.63) is 40.9 Å². The summed E-state index contributed by atoms with van der Waals surface area (Å²) in [6.07, 6.45) is 1.83. The fourth-order valence-electron chi connectivity index (χ4n) is 1.33. The highest BCUT2D eigenvalue weighted by Gasteiger charge is 2.06. The largest absolute Gasteiger partial charge is 0.333 e. The molecule has 0 N–H and O–H groups in total. The molecule has 2 nitrogen and oxygen atoms in total. The highest BCUT2D eigenvalue weighted by Crippen LogP contribution is 2.20. The first-order valence-corrected chi connectivity index (χ1v) is 4.91. The zero-order valence-electron chi connectivity index (χ0n) is 7.54. The predicted molar refractivity (Wildman–Crippen MR) is 56.3 cm³/mol. The SMILES string of the molecule is Cn1cc(Br)nc1-c1cccc(F)c1. The van der Waals surface area contributed by atoms with Crippen molar-refractivity contribution in [1.82, 2.24) is 9.55 Å². The van der Waals surface area contributed by atoms with E-state index >= 15 is 0 Å². The topological polar surface area (TPSA) is 17.8 Å². The van der Waals surface area contributed by atoms with Gasteiger partial charge in [-0.1, -0.05) is 12.1 Å². The third-order valence-electron chi connectivity index (χ3n) is 1.93. The molecule has 72 valence electrons. The van der Waals surface area contributed by atoms with Gasteiger partial charge in [-0.2, -0.15) is 0 Å². The summed E-state index contributed by atoms with van der Waals surface area (Å²) in [5.41, 5.74) is 0.776. The van der Waals surface area contributed by atoms with Crippen LogP contribution in [0.2, 0.25) is 0 Å². The minimum atomic E-state index is -0.248. The van der Waals surface area contributed by atoms with Crippen LogP contribution in [0.5, 0.6) is 0 Å². The molecule has 0 amide bonds. The average molecular weight is 255 g/mol. The second kappa shape index (κ2) is 3.53. The van der Waals surface area contributed by atoms with E-state index in [9.17, 15) is 4.39 Å². The van der Waals surface area contributed by atoms with E-state index in [2.05, 4.69) is 20.9 Å². The zero-order chi connectivity index (χ0) is 10.1. The number of imidazole rings is 1. The van der Waals surface area contributed by atoms with E-state index < -0.39 is 0 Å². The van der Waals surface area contributed by atoms with Gasteiger partial charge < -0.3 is 4.57 Å². The van der Waals surface area contributed by atoms with Crippen LogP contribution in [0.1, 0.15) is 0 Å². The van der Waals surface area contributed by atoms with Crippen molar-refractivity contribution in [2.24, 2.45) is 7.05 Å². The van der Waals surface area contributed by atoms with Crippen molar-refractivity contribution in [3.63, 3.8) is 0 Å². The van der Waals surface area contributed by atoms with Crippen LogP contribution in [0.15, 0.2) is 35.1 Å². The van der Waals surface area contributed by atoms with Crippen molar-refractivity contribution in [1.29, 1.82) is 0 Å². The van der Waals surface area contributed by atoms with E-state index in [1.165, 1.54) is 12.1 Å². The monoisotopic (exact) mass is 254 g/mol. The summed E-state index contributed by atoms with van der Waals surface area (Å²) < 4.78 is 15.5. The Kier molecular flexibility index (Phi) is 2.37. The quantitative estimate of drug-likeness (QED) is 0.765. The Bertz CT molecular complexity index is 465. The van der Waals surface area contributed by atoms with E-state index in [-0.39, 0.29) is 5.82 Å². The van der Waals surface area contributed by atoms with Gasteiger partial charge in [0.2, 0.25) is 0 Å². The molecule has 14 heavy (non-hydrogen) atoms. The lowest BCUT2D eigenvalue weighted by Gasteiger charge is -2.00. The molecule has 0 spiro atoms. The lowest BCUT2D eigenvalue weighted by atomic mass is 10.2. The van der Waals surface area contributed by atoms with Crippen LogP contribution in [-0.2, 0) is 7.05 Å². The minimum absolute atomic E-state index is 0.248. The predicted octanol–water partition coefficient (Wildman–Crippen LogP) is 2.99. The van der Waals surface area contributed by atoms with Gasteiger partial charge in [-0.15, -0.1) is 0 Å². The second-order valence-electron chi connectivity index (χ2n) is 3.01. The molecule has 0 saturated carbocycles. The average Bonchev–Trinajstić information content (AvgIpc) is 2.45. The second-order valence-corrected chi connectivity index (χ2v) is 3.82. The van der Waals surface area contributed by atoms with Crippen LogP contribution in [0.25, 0.3) is 11.4 Å². The Morgan fingerprint density at radius 2 is 2.21 bits per heavy atom. The van der Waals surface area contributed by atoms with E-state index in [1.54, 1.807) is 6.07 Å². The lowest BCUT2D eigenvalue weighted by molar-refractivity contribution is 0.628. The van der Waals surface area contributed by atoms with E-state index in [0.717, 1.165) is 16.0 Å². The summed E-state index contributed by atoms with van der Waals surface area (Å²) in [6.45, 7) is 0. The van der Waals surface area contributed by atoms with Crippen molar-refractivity contribution >= 4 is 15.9 Å². The molecule has 0 aliphatic heterocycles. The van der Waals surface area contributed by atoms with Gasteiger partial charge in [0.15, 0.2) is 0 Å². The van der Waals surface area contributed by atoms with Crippen LogP contribution in [-0.4, -0.2) is 9.55 Å². The lowest BCUT2D eigenvalue weighted by Crippen LogP contribution is -1.91. The Balaban J connectivity index is 2.54. The fraction of sp³-hybridized carbons (Fsp3) is 0.100. The van der Waals surface area contributed by atoms with Crippen LogP contribution in [0.3, 0.4) is 0 Å². The third kappa shape index (κ3) is 1.70. The van der Waals surface area contributed by atoms with E-state index in [1.807, 2.05) is 23.9 Å². The Hall–Kier alpha value is -1.16. The zero-order valence-corrected chi connectivity index (χ0v) is 9.12. The molecule has 0 saturated heterocycles. The van der Waals surface area contributed by atoms with Gasteiger partial charge in [-0.3, -0.25) is 0 Å². The molecule has 0 unspecified atom stereocenters. The van der Waals surface area contributed by atoms with Gasteiger partial charge in [0.25, 0.3) is 0 Å². The number of aryl methyl sites for hydroxylation is 1. The van der Waals surface area contributed by atoms with Crippen LogP contribution < -0.4 is 0 Å². The molecular weight excluding hydrogens is 247 g/mol. The standard InChI is InChI=1S/C10H8BrFN2/c1-14-6-9(11)13-10(14)7-3-2-4-8(12)5-7/h2-6H,1H3. The maximum atomic E-state index is 12.9. The van der Waals surface area contributed by atoms with Gasteiger partial charge in [-0.25, -0.2) is 9.37 Å². The minimum Gasteiger partial charge on any atom is -0.333 e. The van der Waals surface area contributed by atoms with Gasteiger partial charge in [0.05, 0.1) is 0 Å². The summed E-state index contributed by atoms with van der Waals surface area (Å²) >= 11 is 3.27. The first kappa shape index (κ1) is 9.40. The van der Waals surface area contributed by atoms with Crippen molar-refractivity contribution in [3.8, 4) is 11.4 Å². The number of nitrogens with zero attached hydrogens (tertiary/aromatic N) is 2. The Morgan fingerprint density at radius 3 is 2.79 bits per heavy atom. The number of rotatable bonds is 1. The Morgan fingerprint density at radius 1 is 1.43 bits per heavy atom. The molecule has 1 heterocycles. The maximum Gasteiger partial charge on any atom is 0.141 e. The molecule has 1 aromatic carbocycles. The number of hydrogen-bond donors (Lipinski definition) is 0. The molecule has 0 bridgehead atoms. The highest BCUT2D eigenvalue weighted by atomic mass is 79.9. The van der Waals surface area contributed by atoms with E-state index in [0.29, 0.717) is 0 Å². The van der Waals surface area contributed by atoms with Gasteiger partial charge in [0.1, 0.15) is 16.2 Å². The molecule has 1 aromatic heterocycles. The summed E-state index contributed by atoms with van der Waals surface area (Å²) in [6, 6.07) is 6.39. The molecule has 0 fully saturated rings. The Labute approximate surface area is 89.5 Å². The molecule has 2 rings (SSSR count). The normalized spacial score (nSPS) is 10.5. The maximum absolute atomic E-state index is 12.9. The summed E-state index contributed by atoms with van der Waals surface area (Å²) in [4.78, 5) is 4.23. The molecule has 0 aliphatic carbocycles. The molecule has 0 radical (unpaired) electrons. The van der Waals surface area contributed by atoms with Crippen LogP contribution in [0, 0.1) is 5.82 Å². The number of hydrogen-bond acceptors (Lipinski definition) is 1.